The minimum atomic E-state index is 0.514. The average molecular weight is 261 g/mol. The van der Waals surface area contributed by atoms with E-state index in [0.29, 0.717) is 6.04 Å². The minimum absolute atomic E-state index is 0.514. The maximum Gasteiger partial charge on any atom is 0.154 e. The molecule has 1 N–H and O–H groups in total. The van der Waals surface area contributed by atoms with Crippen LogP contribution in [0.5, 0.6) is 0 Å². The van der Waals surface area contributed by atoms with Gasteiger partial charge in [0.05, 0.1) is 5.69 Å². The normalized spacial score (nSPS) is 11.4. The van der Waals surface area contributed by atoms with Gasteiger partial charge in [-0.3, -0.25) is 0 Å². The lowest BCUT2D eigenvalue weighted by atomic mass is 10.3. The molecule has 0 saturated heterocycles. The van der Waals surface area contributed by atoms with Crippen molar-refractivity contribution >= 4 is 11.3 Å². The summed E-state index contributed by atoms with van der Waals surface area (Å²) in [6.45, 7) is 11.3. The first-order chi connectivity index (χ1) is 9.11. The van der Waals surface area contributed by atoms with Gasteiger partial charge >= 0.3 is 0 Å². The van der Waals surface area contributed by atoms with Crippen LogP contribution in [0.3, 0.4) is 0 Å². The van der Waals surface area contributed by atoms with E-state index in [9.17, 15) is 0 Å². The fourth-order valence-corrected chi connectivity index (χ4v) is 2.18. The Morgan fingerprint density at radius 2 is 2.21 bits per heavy atom. The van der Waals surface area contributed by atoms with Gasteiger partial charge in [0.15, 0.2) is 5.82 Å². The van der Waals surface area contributed by atoms with E-state index < -0.39 is 0 Å². The SMILES string of the molecule is CCN(CCNC(C)C)c1nccn2nc(C)cc12. The van der Waals surface area contributed by atoms with Crippen molar-refractivity contribution in [2.24, 2.45) is 0 Å². The predicted molar refractivity (Wildman–Crippen MR) is 78.7 cm³/mol. The molecule has 2 aromatic rings. The lowest BCUT2D eigenvalue weighted by molar-refractivity contribution is 0.582. The van der Waals surface area contributed by atoms with Crippen molar-refractivity contribution in [2.45, 2.75) is 33.7 Å². The summed E-state index contributed by atoms with van der Waals surface area (Å²) >= 11 is 0. The van der Waals surface area contributed by atoms with Crippen molar-refractivity contribution in [2.75, 3.05) is 24.5 Å². The van der Waals surface area contributed by atoms with Gasteiger partial charge < -0.3 is 10.2 Å². The molecule has 0 fully saturated rings. The predicted octanol–water partition coefficient (Wildman–Crippen LogP) is 1.86. The molecule has 0 aliphatic heterocycles. The summed E-state index contributed by atoms with van der Waals surface area (Å²) in [4.78, 5) is 6.81. The number of aryl methyl sites for hydroxylation is 1. The third-order valence-corrected chi connectivity index (χ3v) is 3.11. The van der Waals surface area contributed by atoms with Crippen LogP contribution in [-0.2, 0) is 0 Å². The van der Waals surface area contributed by atoms with E-state index in [1.54, 1.807) is 0 Å². The highest BCUT2D eigenvalue weighted by Crippen LogP contribution is 2.18. The maximum atomic E-state index is 4.53. The van der Waals surface area contributed by atoms with E-state index in [1.165, 1.54) is 0 Å². The number of aromatic nitrogens is 3. The van der Waals surface area contributed by atoms with E-state index in [4.69, 9.17) is 0 Å². The Labute approximate surface area is 114 Å². The highest BCUT2D eigenvalue weighted by atomic mass is 15.3. The van der Waals surface area contributed by atoms with Crippen LogP contribution in [-0.4, -0.2) is 40.3 Å². The molecular formula is C14H23N5. The molecule has 0 saturated carbocycles. The third-order valence-electron chi connectivity index (χ3n) is 3.11. The summed E-state index contributed by atoms with van der Waals surface area (Å²) < 4.78 is 1.90. The molecule has 0 amide bonds. The van der Waals surface area contributed by atoms with Crippen LogP contribution in [0.2, 0.25) is 0 Å². The summed E-state index contributed by atoms with van der Waals surface area (Å²) in [7, 11) is 0. The van der Waals surface area contributed by atoms with Crippen LogP contribution in [0.15, 0.2) is 18.5 Å². The monoisotopic (exact) mass is 261 g/mol. The zero-order chi connectivity index (χ0) is 13.8. The fraction of sp³-hybridized carbons (Fsp3) is 0.571. The summed E-state index contributed by atoms with van der Waals surface area (Å²) in [6, 6.07) is 2.60. The standard InChI is InChI=1S/C14H23N5/c1-5-18(8-6-15-11(2)3)14-13-10-12(4)17-19(13)9-7-16-14/h7,9-11,15H,5-6,8H2,1-4H3. The second-order valence-electron chi connectivity index (χ2n) is 5.05. The Morgan fingerprint density at radius 1 is 1.42 bits per heavy atom. The summed E-state index contributed by atoms with van der Waals surface area (Å²) in [5.41, 5.74) is 2.09. The second kappa shape index (κ2) is 6.02. The van der Waals surface area contributed by atoms with Crippen LogP contribution in [0.4, 0.5) is 5.82 Å². The molecule has 2 aromatic heterocycles. The number of fused-ring (bicyclic) bond motifs is 1. The number of likely N-dealkylation sites (N-methyl/N-ethyl adjacent to an activating group) is 1. The average Bonchev–Trinajstić information content (AvgIpc) is 2.74. The summed E-state index contributed by atoms with van der Waals surface area (Å²) in [6.07, 6.45) is 3.71. The first kappa shape index (κ1) is 13.8. The number of nitrogens with zero attached hydrogens (tertiary/aromatic N) is 4. The molecule has 0 aliphatic rings. The molecule has 0 bridgehead atoms. The van der Waals surface area contributed by atoms with Crippen LogP contribution < -0.4 is 10.2 Å². The summed E-state index contributed by atoms with van der Waals surface area (Å²) in [5, 5.41) is 7.87. The van der Waals surface area contributed by atoms with E-state index in [2.05, 4.69) is 47.1 Å². The molecule has 2 rings (SSSR count). The number of hydrogen-bond donors (Lipinski definition) is 1. The molecular weight excluding hydrogens is 238 g/mol. The number of rotatable bonds is 6. The molecule has 0 radical (unpaired) electrons. The Balaban J connectivity index is 2.20. The lowest BCUT2D eigenvalue weighted by Gasteiger charge is -2.23. The van der Waals surface area contributed by atoms with E-state index >= 15 is 0 Å². The summed E-state index contributed by atoms with van der Waals surface area (Å²) in [5.74, 6) is 1.01. The first-order valence-electron chi connectivity index (χ1n) is 6.91. The largest absolute Gasteiger partial charge is 0.354 e. The van der Waals surface area contributed by atoms with Crippen molar-refractivity contribution in [3.63, 3.8) is 0 Å². The van der Waals surface area contributed by atoms with E-state index in [1.807, 2.05) is 23.8 Å². The van der Waals surface area contributed by atoms with Crippen LogP contribution in [0.25, 0.3) is 5.52 Å². The van der Waals surface area contributed by atoms with E-state index in [-0.39, 0.29) is 0 Å². The third kappa shape index (κ3) is 3.23. The number of anilines is 1. The van der Waals surface area contributed by atoms with Crippen LogP contribution in [0, 0.1) is 6.92 Å². The van der Waals surface area contributed by atoms with Gasteiger partial charge in [-0.2, -0.15) is 5.10 Å². The Morgan fingerprint density at radius 3 is 2.89 bits per heavy atom. The molecule has 0 aliphatic carbocycles. The number of hydrogen-bond acceptors (Lipinski definition) is 4. The van der Waals surface area contributed by atoms with Gasteiger partial charge in [0.1, 0.15) is 5.52 Å². The molecule has 5 nitrogen and oxygen atoms in total. The Hall–Kier alpha value is -1.62. The van der Waals surface area contributed by atoms with Gasteiger partial charge in [-0.1, -0.05) is 13.8 Å². The molecule has 0 spiro atoms. The Kier molecular flexibility index (Phi) is 4.37. The molecule has 0 unspecified atom stereocenters. The zero-order valence-corrected chi connectivity index (χ0v) is 12.2. The van der Waals surface area contributed by atoms with Gasteiger partial charge in [0, 0.05) is 38.1 Å². The lowest BCUT2D eigenvalue weighted by Crippen LogP contribution is -2.35. The van der Waals surface area contributed by atoms with Gasteiger partial charge in [0.2, 0.25) is 0 Å². The highest BCUT2D eigenvalue weighted by molar-refractivity contribution is 5.69. The smallest absolute Gasteiger partial charge is 0.154 e. The van der Waals surface area contributed by atoms with Gasteiger partial charge in [0.25, 0.3) is 0 Å². The van der Waals surface area contributed by atoms with Gasteiger partial charge in [-0.25, -0.2) is 9.50 Å². The molecule has 19 heavy (non-hydrogen) atoms. The van der Waals surface area contributed by atoms with Crippen molar-refractivity contribution in [1.82, 2.24) is 19.9 Å². The fourth-order valence-electron chi connectivity index (χ4n) is 2.18. The van der Waals surface area contributed by atoms with Crippen molar-refractivity contribution in [3.8, 4) is 0 Å². The highest BCUT2D eigenvalue weighted by Gasteiger charge is 2.11. The van der Waals surface area contributed by atoms with Crippen molar-refractivity contribution in [1.29, 1.82) is 0 Å². The van der Waals surface area contributed by atoms with Gasteiger partial charge in [-0.05, 0) is 19.9 Å². The van der Waals surface area contributed by atoms with Crippen molar-refractivity contribution in [3.05, 3.63) is 24.2 Å². The maximum absolute atomic E-state index is 4.53. The van der Waals surface area contributed by atoms with Crippen molar-refractivity contribution < 1.29 is 0 Å². The molecule has 0 aromatic carbocycles. The van der Waals surface area contributed by atoms with Gasteiger partial charge in [-0.15, -0.1) is 0 Å². The Bertz CT molecular complexity index is 532. The second-order valence-corrected chi connectivity index (χ2v) is 5.05. The molecule has 0 atom stereocenters. The van der Waals surface area contributed by atoms with Crippen LogP contribution >= 0.6 is 0 Å². The molecule has 104 valence electrons. The van der Waals surface area contributed by atoms with E-state index in [0.717, 1.165) is 36.7 Å². The van der Waals surface area contributed by atoms with Crippen LogP contribution in [0.1, 0.15) is 26.5 Å². The molecule has 5 heteroatoms. The topological polar surface area (TPSA) is 45.5 Å². The quantitative estimate of drug-likeness (QED) is 0.862. The first-order valence-corrected chi connectivity index (χ1v) is 6.91. The zero-order valence-electron chi connectivity index (χ0n) is 12.2. The molecule has 2 heterocycles. The number of nitrogens with one attached hydrogen (secondary N) is 1. The minimum Gasteiger partial charge on any atom is -0.354 e.